The maximum Gasteiger partial charge on any atom is 0.253 e. The number of fused-ring (bicyclic) bond motifs is 1. The zero-order valence-corrected chi connectivity index (χ0v) is 14.2. The van der Waals surface area contributed by atoms with Gasteiger partial charge in [-0.15, -0.1) is 0 Å². The summed E-state index contributed by atoms with van der Waals surface area (Å²) in [5.41, 5.74) is 14.9. The van der Waals surface area contributed by atoms with Crippen LogP contribution in [0.1, 0.15) is 21.5 Å². The van der Waals surface area contributed by atoms with Crippen molar-refractivity contribution in [2.75, 3.05) is 5.73 Å². The van der Waals surface area contributed by atoms with Gasteiger partial charge in [0.15, 0.2) is 0 Å². The molecule has 3 rings (SSSR count). The highest BCUT2D eigenvalue weighted by Gasteiger charge is 2.23. The van der Waals surface area contributed by atoms with E-state index in [1.165, 1.54) is 0 Å². The molecule has 118 valence electrons. The minimum atomic E-state index is -0.611. The van der Waals surface area contributed by atoms with Gasteiger partial charge in [0.25, 0.3) is 5.91 Å². The van der Waals surface area contributed by atoms with Crippen LogP contribution in [0.2, 0.25) is 0 Å². The summed E-state index contributed by atoms with van der Waals surface area (Å²) >= 11 is 3.29. The van der Waals surface area contributed by atoms with Gasteiger partial charge in [0.2, 0.25) is 0 Å². The van der Waals surface area contributed by atoms with Crippen LogP contribution in [0.15, 0.2) is 29.0 Å². The van der Waals surface area contributed by atoms with Crippen LogP contribution in [-0.4, -0.2) is 20.6 Å². The fourth-order valence-electron chi connectivity index (χ4n) is 2.85. The zero-order valence-electron chi connectivity index (χ0n) is 12.6. The number of amides is 1. The first-order valence-corrected chi connectivity index (χ1v) is 7.67. The van der Waals surface area contributed by atoms with Gasteiger partial charge < -0.3 is 16.6 Å². The average molecular weight is 375 g/mol. The van der Waals surface area contributed by atoms with Gasteiger partial charge in [-0.25, -0.2) is 4.98 Å². The second-order valence-corrected chi connectivity index (χ2v) is 6.17. The third-order valence-electron chi connectivity index (χ3n) is 3.93. The Hall–Kier alpha value is -2.54. The number of nitrogens with zero attached hydrogens (tertiary/aromatic N) is 2. The first-order chi connectivity index (χ1) is 10.8. The van der Waals surface area contributed by atoms with Crippen molar-refractivity contribution in [1.29, 1.82) is 0 Å². The van der Waals surface area contributed by atoms with Crippen LogP contribution in [0.4, 0.5) is 5.82 Å². The topological polar surface area (TPSA) is 107 Å². The molecule has 2 aromatic heterocycles. The number of phenolic OH excluding ortho intramolecular Hbond substituents is 1. The van der Waals surface area contributed by atoms with E-state index in [4.69, 9.17) is 11.5 Å². The second kappa shape index (κ2) is 5.27. The van der Waals surface area contributed by atoms with Gasteiger partial charge >= 0.3 is 0 Å². The van der Waals surface area contributed by atoms with Gasteiger partial charge in [-0.3, -0.25) is 9.36 Å². The molecule has 3 aromatic rings. The number of carbonyl (C=O) groups is 1. The lowest BCUT2D eigenvalue weighted by atomic mass is 10.1. The largest absolute Gasteiger partial charge is 0.508 e. The molecule has 0 spiro atoms. The highest BCUT2D eigenvalue weighted by Crippen LogP contribution is 2.36. The number of halogens is 1. The molecule has 0 aliphatic carbocycles. The Kier molecular flexibility index (Phi) is 3.52. The smallest absolute Gasteiger partial charge is 0.253 e. The molecule has 0 aliphatic heterocycles. The van der Waals surface area contributed by atoms with Crippen molar-refractivity contribution < 1.29 is 9.90 Å². The van der Waals surface area contributed by atoms with Gasteiger partial charge in [-0.05, 0) is 47.5 Å². The number of phenols is 1. The molecule has 0 saturated heterocycles. The Morgan fingerprint density at radius 3 is 2.70 bits per heavy atom. The zero-order chi connectivity index (χ0) is 16.9. The molecule has 7 heteroatoms. The summed E-state index contributed by atoms with van der Waals surface area (Å²) in [6, 6.07) is 5.12. The summed E-state index contributed by atoms with van der Waals surface area (Å²) in [6.45, 7) is 3.70. The number of rotatable bonds is 2. The monoisotopic (exact) mass is 374 g/mol. The molecular formula is C16H15BrN4O2. The maximum absolute atomic E-state index is 11.9. The number of nitrogens with two attached hydrogens (primary N) is 2. The fourth-order valence-corrected chi connectivity index (χ4v) is 3.18. The summed E-state index contributed by atoms with van der Waals surface area (Å²) in [4.78, 5) is 16.1. The van der Waals surface area contributed by atoms with Crippen LogP contribution in [0.3, 0.4) is 0 Å². The third-order valence-corrected chi connectivity index (χ3v) is 4.36. The van der Waals surface area contributed by atoms with Gasteiger partial charge in [0.1, 0.15) is 16.2 Å². The van der Waals surface area contributed by atoms with Crippen LogP contribution in [0.25, 0.3) is 16.6 Å². The van der Waals surface area contributed by atoms with Gasteiger partial charge in [0.05, 0.1) is 23.0 Å². The number of aromatic nitrogens is 2. The van der Waals surface area contributed by atoms with E-state index >= 15 is 0 Å². The fraction of sp³-hybridized carbons (Fsp3) is 0.125. The van der Waals surface area contributed by atoms with E-state index in [0.29, 0.717) is 26.8 Å². The minimum absolute atomic E-state index is 0.151. The predicted molar refractivity (Wildman–Crippen MR) is 92.8 cm³/mol. The number of nitrogen functional groups attached to an aromatic ring is 1. The molecule has 0 fully saturated rings. The van der Waals surface area contributed by atoms with E-state index in [1.54, 1.807) is 35.9 Å². The van der Waals surface area contributed by atoms with E-state index in [9.17, 15) is 9.90 Å². The Balaban J connectivity index is 2.52. The van der Waals surface area contributed by atoms with Crippen LogP contribution in [0, 0.1) is 13.8 Å². The van der Waals surface area contributed by atoms with Crippen LogP contribution < -0.4 is 11.5 Å². The molecule has 5 N–H and O–H groups in total. The number of carbonyl (C=O) groups excluding carboxylic acids is 1. The third kappa shape index (κ3) is 2.24. The highest BCUT2D eigenvalue weighted by molar-refractivity contribution is 9.10. The van der Waals surface area contributed by atoms with E-state index in [1.807, 2.05) is 6.92 Å². The molecule has 0 saturated carbocycles. The number of aromatic hydroxyl groups is 1. The Labute approximate surface area is 140 Å². The van der Waals surface area contributed by atoms with Crippen LogP contribution in [-0.2, 0) is 0 Å². The standard InChI is InChI=1S/C16H15BrN4O2/c1-7-3-4-11(22)8(2)14(7)21-10-6-20-12(17)5-9(10)13(15(21)18)16(19)23/h3-6,22H,18H2,1-2H3,(H2,19,23). The van der Waals surface area contributed by atoms with E-state index in [-0.39, 0.29) is 17.1 Å². The number of hydrogen-bond acceptors (Lipinski definition) is 4. The van der Waals surface area contributed by atoms with Crippen LogP contribution >= 0.6 is 15.9 Å². The SMILES string of the molecule is Cc1ccc(O)c(C)c1-n1c(N)c(C(N)=O)c2cc(Br)ncc21. The number of primary amides is 1. The van der Waals surface area contributed by atoms with Crippen molar-refractivity contribution >= 4 is 38.6 Å². The molecule has 0 radical (unpaired) electrons. The lowest BCUT2D eigenvalue weighted by Crippen LogP contribution is -2.14. The van der Waals surface area contributed by atoms with Crippen molar-refractivity contribution in [2.24, 2.45) is 5.73 Å². The summed E-state index contributed by atoms with van der Waals surface area (Å²) in [5, 5.41) is 10.7. The molecule has 2 heterocycles. The number of hydrogen-bond donors (Lipinski definition) is 3. The molecule has 6 nitrogen and oxygen atoms in total. The molecule has 0 unspecified atom stereocenters. The summed E-state index contributed by atoms with van der Waals surface area (Å²) in [7, 11) is 0. The van der Waals surface area contributed by atoms with Crippen molar-refractivity contribution in [3.63, 3.8) is 0 Å². The lowest BCUT2D eigenvalue weighted by Gasteiger charge is -2.15. The van der Waals surface area contributed by atoms with Crippen molar-refractivity contribution in [3.05, 3.63) is 45.7 Å². The van der Waals surface area contributed by atoms with Crippen molar-refractivity contribution in [3.8, 4) is 11.4 Å². The molecular weight excluding hydrogens is 360 g/mol. The number of benzene rings is 1. The Morgan fingerprint density at radius 1 is 1.35 bits per heavy atom. The maximum atomic E-state index is 11.9. The summed E-state index contributed by atoms with van der Waals surface area (Å²) in [6.07, 6.45) is 1.62. The second-order valence-electron chi connectivity index (χ2n) is 5.36. The molecule has 23 heavy (non-hydrogen) atoms. The Bertz CT molecular complexity index is 963. The first kappa shape index (κ1) is 15.4. The van der Waals surface area contributed by atoms with Gasteiger partial charge in [-0.1, -0.05) is 6.07 Å². The molecule has 0 bridgehead atoms. The normalized spacial score (nSPS) is 11.1. The quantitative estimate of drug-likeness (QED) is 0.599. The van der Waals surface area contributed by atoms with Gasteiger partial charge in [0, 0.05) is 10.9 Å². The summed E-state index contributed by atoms with van der Waals surface area (Å²) < 4.78 is 2.29. The average Bonchev–Trinajstić information content (AvgIpc) is 2.75. The van der Waals surface area contributed by atoms with E-state index in [2.05, 4.69) is 20.9 Å². The predicted octanol–water partition coefficient (Wildman–Crippen LogP) is 2.79. The van der Waals surface area contributed by atoms with E-state index in [0.717, 1.165) is 5.56 Å². The first-order valence-electron chi connectivity index (χ1n) is 6.87. The van der Waals surface area contributed by atoms with Crippen molar-refractivity contribution in [1.82, 2.24) is 9.55 Å². The molecule has 0 atom stereocenters. The minimum Gasteiger partial charge on any atom is -0.508 e. The lowest BCUT2D eigenvalue weighted by molar-refractivity contribution is 0.100. The highest BCUT2D eigenvalue weighted by atomic mass is 79.9. The number of pyridine rings is 1. The molecule has 0 aliphatic rings. The molecule has 1 amide bonds. The number of anilines is 1. The molecule has 1 aromatic carbocycles. The number of aryl methyl sites for hydroxylation is 1. The van der Waals surface area contributed by atoms with E-state index < -0.39 is 5.91 Å². The summed E-state index contributed by atoms with van der Waals surface area (Å²) in [5.74, 6) is -0.235. The van der Waals surface area contributed by atoms with Crippen molar-refractivity contribution in [2.45, 2.75) is 13.8 Å². The van der Waals surface area contributed by atoms with Crippen LogP contribution in [0.5, 0.6) is 5.75 Å². The van der Waals surface area contributed by atoms with Gasteiger partial charge in [-0.2, -0.15) is 0 Å². The Morgan fingerprint density at radius 2 is 2.04 bits per heavy atom.